The molecule has 2 heterocycles. The molecule has 2 aromatic carbocycles. The summed E-state index contributed by atoms with van der Waals surface area (Å²) < 4.78 is 25.6. The molecule has 1 aromatic heterocycles. The average Bonchev–Trinajstić information content (AvgIpc) is 3.36. The molecule has 1 fully saturated rings. The van der Waals surface area contributed by atoms with Gasteiger partial charge >= 0.3 is 0 Å². The van der Waals surface area contributed by atoms with Crippen LogP contribution < -0.4 is 0 Å². The lowest BCUT2D eigenvalue weighted by molar-refractivity contribution is -0.127. The van der Waals surface area contributed by atoms with E-state index in [2.05, 4.69) is 12.1 Å². The SMILES string of the molecule is CCN(C(=O)C=Cc1cn(Cc2ccccc2)nc1-c1ccccc1)C1CCS(=O)(=O)C1. The molecule has 4 rings (SSSR count). The topological polar surface area (TPSA) is 72.3 Å². The van der Waals surface area contributed by atoms with Gasteiger partial charge in [0.15, 0.2) is 9.84 Å². The van der Waals surface area contributed by atoms with Gasteiger partial charge in [-0.15, -0.1) is 0 Å². The van der Waals surface area contributed by atoms with Gasteiger partial charge in [0, 0.05) is 36.0 Å². The van der Waals surface area contributed by atoms with E-state index in [0.29, 0.717) is 19.5 Å². The number of sulfone groups is 1. The zero-order valence-corrected chi connectivity index (χ0v) is 18.9. The average molecular weight is 450 g/mol. The second-order valence-electron chi connectivity index (χ2n) is 8.00. The molecule has 6 nitrogen and oxygen atoms in total. The van der Waals surface area contributed by atoms with Gasteiger partial charge in [-0.05, 0) is 25.0 Å². The van der Waals surface area contributed by atoms with Gasteiger partial charge in [-0.2, -0.15) is 5.10 Å². The maximum Gasteiger partial charge on any atom is 0.246 e. The Hall–Kier alpha value is -3.19. The Balaban J connectivity index is 1.60. The highest BCUT2D eigenvalue weighted by Gasteiger charge is 2.33. The van der Waals surface area contributed by atoms with E-state index in [4.69, 9.17) is 5.10 Å². The Morgan fingerprint density at radius 3 is 2.44 bits per heavy atom. The smallest absolute Gasteiger partial charge is 0.246 e. The molecule has 0 radical (unpaired) electrons. The quantitative estimate of drug-likeness (QED) is 0.516. The summed E-state index contributed by atoms with van der Waals surface area (Å²) in [7, 11) is -3.05. The van der Waals surface area contributed by atoms with Gasteiger partial charge in [0.05, 0.1) is 23.7 Å². The molecule has 1 saturated heterocycles. The maximum absolute atomic E-state index is 12.9. The fourth-order valence-electron chi connectivity index (χ4n) is 4.10. The van der Waals surface area contributed by atoms with Crippen molar-refractivity contribution in [3.63, 3.8) is 0 Å². The molecule has 32 heavy (non-hydrogen) atoms. The van der Waals surface area contributed by atoms with Crippen molar-refractivity contribution in [2.75, 3.05) is 18.1 Å². The zero-order chi connectivity index (χ0) is 22.6. The molecule has 0 aliphatic carbocycles. The summed E-state index contributed by atoms with van der Waals surface area (Å²) in [5.41, 5.74) is 3.76. The molecule has 3 aromatic rings. The van der Waals surface area contributed by atoms with E-state index in [9.17, 15) is 13.2 Å². The molecule has 0 bridgehead atoms. The summed E-state index contributed by atoms with van der Waals surface area (Å²) >= 11 is 0. The first-order valence-corrected chi connectivity index (χ1v) is 12.6. The number of hydrogen-bond donors (Lipinski definition) is 0. The monoisotopic (exact) mass is 449 g/mol. The molecule has 166 valence electrons. The molecule has 1 atom stereocenters. The Morgan fingerprint density at radius 1 is 1.12 bits per heavy atom. The molecule has 1 aliphatic rings. The van der Waals surface area contributed by atoms with Crippen LogP contribution in [0.25, 0.3) is 17.3 Å². The number of carbonyl (C=O) groups excluding carboxylic acids is 1. The van der Waals surface area contributed by atoms with E-state index >= 15 is 0 Å². The third-order valence-corrected chi connectivity index (χ3v) is 7.45. The van der Waals surface area contributed by atoms with Crippen LogP contribution in [0.15, 0.2) is 72.9 Å². The lowest BCUT2D eigenvalue weighted by Crippen LogP contribution is -2.40. The number of hydrogen-bond acceptors (Lipinski definition) is 4. The maximum atomic E-state index is 12.9. The second kappa shape index (κ2) is 9.53. The van der Waals surface area contributed by atoms with Gasteiger partial charge in [-0.1, -0.05) is 60.7 Å². The van der Waals surface area contributed by atoms with Crippen molar-refractivity contribution in [2.45, 2.75) is 25.9 Å². The number of amides is 1. The van der Waals surface area contributed by atoms with Crippen molar-refractivity contribution in [2.24, 2.45) is 0 Å². The van der Waals surface area contributed by atoms with E-state index in [1.54, 1.807) is 11.0 Å². The van der Waals surface area contributed by atoms with Crippen molar-refractivity contribution in [1.29, 1.82) is 0 Å². The van der Waals surface area contributed by atoms with Crippen molar-refractivity contribution < 1.29 is 13.2 Å². The van der Waals surface area contributed by atoms with Crippen LogP contribution in [-0.4, -0.2) is 53.1 Å². The fourth-order valence-corrected chi connectivity index (χ4v) is 5.83. The number of rotatable bonds is 7. The number of likely N-dealkylation sites (N-methyl/N-ethyl adjacent to an activating group) is 1. The van der Waals surface area contributed by atoms with Crippen LogP contribution in [0.4, 0.5) is 0 Å². The third kappa shape index (κ3) is 5.16. The number of benzene rings is 2. The standard InChI is InChI=1S/C25H27N3O3S/c1-2-28(23-15-16-32(30,31)19-23)24(29)14-13-22-18-27(17-20-9-5-3-6-10-20)26-25(22)21-11-7-4-8-12-21/h3-14,18,23H,2,15-17,19H2,1H3. The van der Waals surface area contributed by atoms with Crippen LogP contribution in [0.2, 0.25) is 0 Å². The predicted molar refractivity (Wildman–Crippen MR) is 127 cm³/mol. The minimum Gasteiger partial charge on any atom is -0.335 e. The largest absolute Gasteiger partial charge is 0.335 e. The van der Waals surface area contributed by atoms with Crippen LogP contribution >= 0.6 is 0 Å². The van der Waals surface area contributed by atoms with E-state index in [-0.39, 0.29) is 23.5 Å². The van der Waals surface area contributed by atoms with Crippen molar-refractivity contribution in [3.8, 4) is 11.3 Å². The van der Waals surface area contributed by atoms with Gasteiger partial charge in [-0.3, -0.25) is 9.48 Å². The van der Waals surface area contributed by atoms with Crippen LogP contribution in [0.5, 0.6) is 0 Å². The van der Waals surface area contributed by atoms with Crippen molar-refractivity contribution in [3.05, 3.63) is 84.1 Å². The lowest BCUT2D eigenvalue weighted by Gasteiger charge is -2.25. The van der Waals surface area contributed by atoms with E-state index < -0.39 is 9.84 Å². The summed E-state index contributed by atoms with van der Waals surface area (Å²) in [5, 5.41) is 4.78. The molecule has 0 spiro atoms. The highest BCUT2D eigenvalue weighted by molar-refractivity contribution is 7.91. The van der Waals surface area contributed by atoms with Gasteiger partial charge in [0.2, 0.25) is 5.91 Å². The van der Waals surface area contributed by atoms with Crippen LogP contribution in [0.1, 0.15) is 24.5 Å². The van der Waals surface area contributed by atoms with Gasteiger partial charge in [-0.25, -0.2) is 8.42 Å². The summed E-state index contributed by atoms with van der Waals surface area (Å²) in [6.45, 7) is 2.98. The van der Waals surface area contributed by atoms with Gasteiger partial charge in [0.1, 0.15) is 0 Å². The van der Waals surface area contributed by atoms with Crippen molar-refractivity contribution in [1.82, 2.24) is 14.7 Å². The minimum atomic E-state index is -3.05. The third-order valence-electron chi connectivity index (χ3n) is 5.70. The zero-order valence-electron chi connectivity index (χ0n) is 18.1. The van der Waals surface area contributed by atoms with E-state index in [1.165, 1.54) is 6.08 Å². The molecule has 0 saturated carbocycles. The number of carbonyl (C=O) groups is 1. The Bertz CT molecular complexity index is 1200. The first-order valence-electron chi connectivity index (χ1n) is 10.8. The Morgan fingerprint density at radius 2 is 1.81 bits per heavy atom. The van der Waals surface area contributed by atoms with Crippen LogP contribution in [-0.2, 0) is 21.2 Å². The number of aromatic nitrogens is 2. The summed E-state index contributed by atoms with van der Waals surface area (Å²) in [5.74, 6) is 0.0182. The first-order chi connectivity index (χ1) is 15.4. The second-order valence-corrected chi connectivity index (χ2v) is 10.2. The number of nitrogens with zero attached hydrogens (tertiary/aromatic N) is 3. The van der Waals surface area contributed by atoms with E-state index in [0.717, 1.165) is 22.4 Å². The van der Waals surface area contributed by atoms with Crippen molar-refractivity contribution >= 4 is 21.8 Å². The van der Waals surface area contributed by atoms with Crippen LogP contribution in [0, 0.1) is 0 Å². The highest BCUT2D eigenvalue weighted by Crippen LogP contribution is 2.24. The van der Waals surface area contributed by atoms with Gasteiger partial charge in [0.25, 0.3) is 0 Å². The Kier molecular flexibility index (Phi) is 6.55. The predicted octanol–water partition coefficient (Wildman–Crippen LogP) is 3.65. The van der Waals surface area contributed by atoms with E-state index in [1.807, 2.05) is 66.3 Å². The normalized spacial score (nSPS) is 17.6. The summed E-state index contributed by atoms with van der Waals surface area (Å²) in [6, 6.07) is 19.7. The lowest BCUT2D eigenvalue weighted by atomic mass is 10.1. The summed E-state index contributed by atoms with van der Waals surface area (Å²) in [4.78, 5) is 14.6. The minimum absolute atomic E-state index is 0.0463. The molecule has 1 amide bonds. The fraction of sp³-hybridized carbons (Fsp3) is 0.280. The molecule has 1 unspecified atom stereocenters. The molecule has 1 aliphatic heterocycles. The Labute approximate surface area is 189 Å². The highest BCUT2D eigenvalue weighted by atomic mass is 32.2. The first kappa shape index (κ1) is 22.0. The molecule has 7 heteroatoms. The molecular weight excluding hydrogens is 422 g/mol. The molecular formula is C25H27N3O3S. The summed E-state index contributed by atoms with van der Waals surface area (Å²) in [6.07, 6.45) is 5.76. The van der Waals surface area contributed by atoms with Gasteiger partial charge < -0.3 is 4.90 Å². The van der Waals surface area contributed by atoms with Crippen LogP contribution in [0.3, 0.4) is 0 Å². The molecule has 0 N–H and O–H groups in total.